The van der Waals surface area contributed by atoms with Crippen LogP contribution in [0.4, 0.5) is 5.69 Å². The van der Waals surface area contributed by atoms with Crippen LogP contribution in [0.5, 0.6) is 17.2 Å². The largest absolute Gasteiger partial charge is 0.497 e. The Morgan fingerprint density at radius 2 is 1.74 bits per heavy atom. The van der Waals surface area contributed by atoms with E-state index in [0.717, 1.165) is 0 Å². The van der Waals surface area contributed by atoms with Gasteiger partial charge in [-0.2, -0.15) is 0 Å². The summed E-state index contributed by atoms with van der Waals surface area (Å²) in [5.74, 6) is 1.35. The van der Waals surface area contributed by atoms with Crippen LogP contribution >= 0.6 is 0 Å². The summed E-state index contributed by atoms with van der Waals surface area (Å²) in [6.07, 6.45) is 0. The summed E-state index contributed by atoms with van der Waals surface area (Å²) in [6.45, 7) is 1.96. The van der Waals surface area contributed by atoms with Gasteiger partial charge in [-0.05, 0) is 24.3 Å². The summed E-state index contributed by atoms with van der Waals surface area (Å²) in [4.78, 5) is 25.5. The number of hydrogen-bond donors (Lipinski definition) is 1. The number of rotatable bonds is 9. The van der Waals surface area contributed by atoms with Crippen LogP contribution in [0.2, 0.25) is 0 Å². The third-order valence-corrected chi connectivity index (χ3v) is 3.83. The van der Waals surface area contributed by atoms with Crippen LogP contribution in [0.25, 0.3) is 0 Å². The van der Waals surface area contributed by atoms with Crippen LogP contribution in [0.3, 0.4) is 0 Å². The molecule has 2 rings (SSSR count). The molecule has 0 atom stereocenters. The van der Waals surface area contributed by atoms with Gasteiger partial charge in [-0.3, -0.25) is 9.59 Å². The van der Waals surface area contributed by atoms with Gasteiger partial charge in [-0.1, -0.05) is 18.2 Å². The summed E-state index contributed by atoms with van der Waals surface area (Å²) in [5, 5.41) is 2.74. The van der Waals surface area contributed by atoms with Crippen molar-refractivity contribution in [2.75, 3.05) is 38.8 Å². The second-order valence-corrected chi connectivity index (χ2v) is 5.66. The first kappa shape index (κ1) is 20.1. The molecule has 0 aliphatic heterocycles. The molecule has 0 fully saturated rings. The van der Waals surface area contributed by atoms with Crippen molar-refractivity contribution >= 4 is 17.5 Å². The van der Waals surface area contributed by atoms with Crippen molar-refractivity contribution in [3.8, 4) is 17.2 Å². The van der Waals surface area contributed by atoms with Gasteiger partial charge in [0.25, 0.3) is 5.91 Å². The molecule has 0 saturated carbocycles. The van der Waals surface area contributed by atoms with Crippen molar-refractivity contribution in [1.29, 1.82) is 0 Å². The fraction of sp³-hybridized carbons (Fsp3) is 0.300. The normalized spacial score (nSPS) is 10.0. The number of amides is 2. The lowest BCUT2D eigenvalue weighted by atomic mass is 10.2. The molecule has 7 nitrogen and oxygen atoms in total. The molecule has 0 bridgehead atoms. The minimum Gasteiger partial charge on any atom is -0.497 e. The average molecular weight is 372 g/mol. The molecule has 0 spiro atoms. The maximum absolute atomic E-state index is 12.1. The fourth-order valence-electron chi connectivity index (χ4n) is 2.48. The van der Waals surface area contributed by atoms with Gasteiger partial charge in [0, 0.05) is 26.1 Å². The van der Waals surface area contributed by atoms with E-state index >= 15 is 0 Å². The predicted octanol–water partition coefficient (Wildman–Crippen LogP) is 2.25. The van der Waals surface area contributed by atoms with Crippen LogP contribution < -0.4 is 24.4 Å². The van der Waals surface area contributed by atoms with Crippen LogP contribution in [0.15, 0.2) is 48.5 Å². The second kappa shape index (κ2) is 10.1. The van der Waals surface area contributed by atoms with Gasteiger partial charge < -0.3 is 24.4 Å². The van der Waals surface area contributed by atoms with Gasteiger partial charge in [-0.15, -0.1) is 0 Å². The lowest BCUT2D eigenvalue weighted by Gasteiger charge is -2.23. The summed E-state index contributed by atoms with van der Waals surface area (Å²) in [6, 6.07) is 14.3. The van der Waals surface area contributed by atoms with E-state index in [-0.39, 0.29) is 25.0 Å². The Morgan fingerprint density at radius 1 is 1.00 bits per heavy atom. The highest BCUT2D eigenvalue weighted by Gasteiger charge is 2.17. The summed E-state index contributed by atoms with van der Waals surface area (Å²) in [7, 11) is 3.09. The van der Waals surface area contributed by atoms with E-state index in [9.17, 15) is 9.59 Å². The van der Waals surface area contributed by atoms with E-state index in [1.807, 2.05) is 18.2 Å². The Morgan fingerprint density at radius 3 is 2.37 bits per heavy atom. The van der Waals surface area contributed by atoms with Gasteiger partial charge in [0.15, 0.2) is 6.61 Å². The standard InChI is InChI=1S/C20H24N2O5/c1-15(23)22(18-10-9-17(25-2)13-19(18)26-3)12-11-21-20(24)14-27-16-7-5-4-6-8-16/h4-10,13H,11-12,14H2,1-3H3,(H,21,24). The first-order valence-corrected chi connectivity index (χ1v) is 8.50. The SMILES string of the molecule is COc1ccc(N(CCNC(=O)COc2ccccc2)C(C)=O)c(OC)c1. The van der Waals surface area contributed by atoms with Crippen molar-refractivity contribution in [3.05, 3.63) is 48.5 Å². The Bertz CT molecular complexity index is 764. The van der Waals surface area contributed by atoms with Gasteiger partial charge in [0.2, 0.25) is 5.91 Å². The van der Waals surface area contributed by atoms with E-state index in [4.69, 9.17) is 14.2 Å². The average Bonchev–Trinajstić information content (AvgIpc) is 2.69. The van der Waals surface area contributed by atoms with E-state index < -0.39 is 0 Å². The minimum absolute atomic E-state index is 0.0874. The first-order chi connectivity index (χ1) is 13.0. The number of carbonyl (C=O) groups excluding carboxylic acids is 2. The zero-order chi connectivity index (χ0) is 19.6. The predicted molar refractivity (Wildman–Crippen MR) is 103 cm³/mol. The summed E-state index contributed by atoms with van der Waals surface area (Å²) in [5.41, 5.74) is 0.612. The molecule has 2 aromatic rings. The molecule has 2 amide bonds. The van der Waals surface area contributed by atoms with Crippen molar-refractivity contribution in [3.63, 3.8) is 0 Å². The number of carbonyl (C=O) groups is 2. The van der Waals surface area contributed by atoms with E-state index in [1.54, 1.807) is 37.4 Å². The molecule has 0 unspecified atom stereocenters. The van der Waals surface area contributed by atoms with Crippen molar-refractivity contribution < 1.29 is 23.8 Å². The number of nitrogens with zero attached hydrogens (tertiary/aromatic N) is 1. The fourth-order valence-corrected chi connectivity index (χ4v) is 2.48. The molecule has 2 aromatic carbocycles. The third-order valence-electron chi connectivity index (χ3n) is 3.83. The zero-order valence-electron chi connectivity index (χ0n) is 15.7. The molecule has 0 heterocycles. The summed E-state index contributed by atoms with van der Waals surface area (Å²) < 4.78 is 15.9. The number of methoxy groups -OCH3 is 2. The van der Waals surface area contributed by atoms with Gasteiger partial charge >= 0.3 is 0 Å². The molecule has 1 N–H and O–H groups in total. The molecular weight excluding hydrogens is 348 g/mol. The van der Waals surface area contributed by atoms with Crippen LogP contribution in [0, 0.1) is 0 Å². The number of nitrogens with one attached hydrogen (secondary N) is 1. The zero-order valence-corrected chi connectivity index (χ0v) is 15.7. The van der Waals surface area contributed by atoms with Crippen LogP contribution in [0.1, 0.15) is 6.92 Å². The lowest BCUT2D eigenvalue weighted by molar-refractivity contribution is -0.123. The Kier molecular flexibility index (Phi) is 7.49. The number of benzene rings is 2. The number of para-hydroxylation sites is 1. The van der Waals surface area contributed by atoms with Crippen molar-refractivity contribution in [2.24, 2.45) is 0 Å². The Hall–Kier alpha value is -3.22. The smallest absolute Gasteiger partial charge is 0.258 e. The molecule has 7 heteroatoms. The number of anilines is 1. The van der Waals surface area contributed by atoms with Crippen LogP contribution in [-0.4, -0.2) is 45.7 Å². The van der Waals surface area contributed by atoms with Crippen molar-refractivity contribution in [2.45, 2.75) is 6.92 Å². The molecule has 0 radical (unpaired) electrons. The third kappa shape index (κ3) is 5.91. The molecule has 0 aliphatic carbocycles. The quantitative estimate of drug-likeness (QED) is 0.731. The number of hydrogen-bond acceptors (Lipinski definition) is 5. The molecule has 144 valence electrons. The van der Waals surface area contributed by atoms with Crippen LogP contribution in [-0.2, 0) is 9.59 Å². The summed E-state index contributed by atoms with van der Waals surface area (Å²) >= 11 is 0. The van der Waals surface area contributed by atoms with E-state index in [2.05, 4.69) is 5.32 Å². The Labute approximate surface area is 158 Å². The molecule has 0 aromatic heterocycles. The van der Waals surface area contributed by atoms with Crippen molar-refractivity contribution in [1.82, 2.24) is 5.32 Å². The van der Waals surface area contributed by atoms with Gasteiger partial charge in [-0.25, -0.2) is 0 Å². The minimum atomic E-state index is -0.260. The molecule has 0 saturated heterocycles. The highest BCUT2D eigenvalue weighted by atomic mass is 16.5. The number of ether oxygens (including phenoxy) is 3. The Balaban J connectivity index is 1.91. The second-order valence-electron chi connectivity index (χ2n) is 5.66. The van der Waals surface area contributed by atoms with E-state index in [1.165, 1.54) is 18.9 Å². The topological polar surface area (TPSA) is 77.1 Å². The van der Waals surface area contributed by atoms with Gasteiger partial charge in [0.1, 0.15) is 17.2 Å². The maximum atomic E-state index is 12.1. The maximum Gasteiger partial charge on any atom is 0.258 e. The molecular formula is C20H24N2O5. The highest BCUT2D eigenvalue weighted by Crippen LogP contribution is 2.32. The molecule has 0 aliphatic rings. The molecule has 27 heavy (non-hydrogen) atoms. The first-order valence-electron chi connectivity index (χ1n) is 8.50. The highest BCUT2D eigenvalue weighted by molar-refractivity contribution is 5.93. The lowest BCUT2D eigenvalue weighted by Crippen LogP contribution is -2.39. The van der Waals surface area contributed by atoms with Gasteiger partial charge in [0.05, 0.1) is 19.9 Å². The van der Waals surface area contributed by atoms with E-state index in [0.29, 0.717) is 29.5 Å². The monoisotopic (exact) mass is 372 g/mol.